The van der Waals surface area contributed by atoms with Crippen LogP contribution in [0, 0.1) is 0 Å². The first-order valence-electron chi connectivity index (χ1n) is 5.11. The fourth-order valence-electron chi connectivity index (χ4n) is 1.53. The Labute approximate surface area is 117 Å². The van der Waals surface area contributed by atoms with Gasteiger partial charge in [-0.2, -0.15) is 0 Å². The second-order valence-electron chi connectivity index (χ2n) is 3.56. The van der Waals surface area contributed by atoms with E-state index in [1.165, 1.54) is 6.20 Å². The number of nitrogens with zero attached hydrogens (tertiary/aromatic N) is 1. The van der Waals surface area contributed by atoms with Gasteiger partial charge < -0.3 is 14.2 Å². The van der Waals surface area contributed by atoms with Gasteiger partial charge in [0.15, 0.2) is 11.5 Å². The maximum Gasteiger partial charge on any atom is 0.233 e. The summed E-state index contributed by atoms with van der Waals surface area (Å²) in [6.07, 6.45) is 1.52. The first kappa shape index (κ1) is 11.6. The molecular formula is C12H7BrClNO3. The Bertz CT molecular complexity index is 606. The Hall–Kier alpha value is -1.46. The molecule has 3 rings (SSSR count). The van der Waals surface area contributed by atoms with Crippen molar-refractivity contribution in [2.24, 2.45) is 0 Å². The van der Waals surface area contributed by atoms with Crippen molar-refractivity contribution in [3.8, 4) is 23.1 Å². The molecule has 1 aromatic heterocycles. The molecule has 2 heterocycles. The highest BCUT2D eigenvalue weighted by Gasteiger charge is 2.14. The average molecular weight is 329 g/mol. The summed E-state index contributed by atoms with van der Waals surface area (Å²) in [6, 6.07) is 7.06. The smallest absolute Gasteiger partial charge is 0.233 e. The summed E-state index contributed by atoms with van der Waals surface area (Å²) in [5.74, 6) is 2.44. The lowest BCUT2D eigenvalue weighted by Crippen LogP contribution is -1.93. The van der Waals surface area contributed by atoms with Crippen molar-refractivity contribution < 1.29 is 14.2 Å². The van der Waals surface area contributed by atoms with Crippen molar-refractivity contribution in [2.45, 2.75) is 0 Å². The zero-order chi connectivity index (χ0) is 12.5. The second kappa shape index (κ2) is 4.66. The monoisotopic (exact) mass is 327 g/mol. The molecule has 1 aliphatic rings. The summed E-state index contributed by atoms with van der Waals surface area (Å²) in [5.41, 5.74) is 0. The molecule has 6 heteroatoms. The molecule has 1 aromatic carbocycles. The number of halogens is 2. The minimum Gasteiger partial charge on any atom is -0.454 e. The van der Waals surface area contributed by atoms with Gasteiger partial charge in [-0.25, -0.2) is 4.98 Å². The largest absolute Gasteiger partial charge is 0.454 e. The van der Waals surface area contributed by atoms with Crippen LogP contribution in [-0.2, 0) is 0 Å². The molecule has 2 aromatic rings. The number of ether oxygens (including phenoxy) is 3. The number of hydrogen-bond acceptors (Lipinski definition) is 4. The highest BCUT2D eigenvalue weighted by molar-refractivity contribution is 9.10. The molecule has 0 radical (unpaired) electrons. The Kier molecular flexibility index (Phi) is 3.01. The summed E-state index contributed by atoms with van der Waals surface area (Å²) in [6.45, 7) is 0.238. The van der Waals surface area contributed by atoms with E-state index in [9.17, 15) is 0 Å². The zero-order valence-electron chi connectivity index (χ0n) is 9.02. The molecule has 0 fully saturated rings. The van der Waals surface area contributed by atoms with Crippen LogP contribution in [0.15, 0.2) is 34.9 Å². The van der Waals surface area contributed by atoms with Crippen molar-refractivity contribution >= 4 is 27.5 Å². The summed E-state index contributed by atoms with van der Waals surface area (Å²) in [5, 5.41) is 0.542. The van der Waals surface area contributed by atoms with E-state index in [0.717, 1.165) is 0 Å². The number of pyridine rings is 1. The number of benzene rings is 1. The second-order valence-corrected chi connectivity index (χ2v) is 4.85. The van der Waals surface area contributed by atoms with E-state index in [4.69, 9.17) is 25.8 Å². The number of aromatic nitrogens is 1. The molecule has 0 saturated carbocycles. The van der Waals surface area contributed by atoms with Gasteiger partial charge >= 0.3 is 0 Å². The third kappa shape index (κ3) is 2.23. The molecule has 0 unspecified atom stereocenters. The van der Waals surface area contributed by atoms with Crippen LogP contribution in [0.4, 0.5) is 0 Å². The molecule has 0 amide bonds. The van der Waals surface area contributed by atoms with Crippen LogP contribution >= 0.6 is 27.5 Å². The van der Waals surface area contributed by atoms with E-state index in [-0.39, 0.29) is 6.79 Å². The Balaban J connectivity index is 1.88. The Morgan fingerprint density at radius 3 is 2.89 bits per heavy atom. The van der Waals surface area contributed by atoms with Gasteiger partial charge in [-0.1, -0.05) is 11.6 Å². The van der Waals surface area contributed by atoms with E-state index < -0.39 is 0 Å². The van der Waals surface area contributed by atoms with E-state index >= 15 is 0 Å². The SMILES string of the molecule is Clc1cnc(Oc2ccc3c(c2)OCO3)c(Br)c1. The third-order valence-corrected chi connectivity index (χ3v) is 3.11. The molecule has 0 aliphatic carbocycles. The van der Waals surface area contributed by atoms with E-state index in [0.29, 0.717) is 32.6 Å². The van der Waals surface area contributed by atoms with Crippen molar-refractivity contribution in [2.75, 3.05) is 6.79 Å². The number of rotatable bonds is 2. The van der Waals surface area contributed by atoms with Gasteiger partial charge in [-0.3, -0.25) is 0 Å². The minimum atomic E-state index is 0.238. The molecule has 0 spiro atoms. The highest BCUT2D eigenvalue weighted by atomic mass is 79.9. The Morgan fingerprint density at radius 2 is 2.06 bits per heavy atom. The molecule has 92 valence electrons. The van der Waals surface area contributed by atoms with Gasteiger partial charge in [-0.15, -0.1) is 0 Å². The summed E-state index contributed by atoms with van der Waals surface area (Å²) >= 11 is 9.15. The van der Waals surface area contributed by atoms with Crippen LogP contribution in [0.3, 0.4) is 0 Å². The topological polar surface area (TPSA) is 40.6 Å². The lowest BCUT2D eigenvalue weighted by Gasteiger charge is -2.07. The van der Waals surface area contributed by atoms with E-state index in [2.05, 4.69) is 20.9 Å². The predicted molar refractivity (Wildman–Crippen MR) is 69.6 cm³/mol. The third-order valence-electron chi connectivity index (χ3n) is 2.33. The highest BCUT2D eigenvalue weighted by Crippen LogP contribution is 2.37. The normalized spacial score (nSPS) is 12.6. The zero-order valence-corrected chi connectivity index (χ0v) is 11.4. The van der Waals surface area contributed by atoms with Crippen molar-refractivity contribution in [1.82, 2.24) is 4.98 Å². The first-order chi connectivity index (χ1) is 8.72. The fraction of sp³-hybridized carbons (Fsp3) is 0.0833. The predicted octanol–water partition coefficient (Wildman–Crippen LogP) is 4.02. The van der Waals surface area contributed by atoms with Gasteiger partial charge in [0.25, 0.3) is 0 Å². The fourth-order valence-corrected chi connectivity index (χ4v) is 2.25. The molecule has 0 N–H and O–H groups in total. The van der Waals surface area contributed by atoms with Crippen LogP contribution in [0.25, 0.3) is 0 Å². The summed E-state index contributed by atoms with van der Waals surface area (Å²) in [4.78, 5) is 4.09. The molecule has 4 nitrogen and oxygen atoms in total. The van der Waals surface area contributed by atoms with E-state index in [1.54, 1.807) is 24.3 Å². The maximum atomic E-state index is 5.81. The molecule has 18 heavy (non-hydrogen) atoms. The molecular weight excluding hydrogens is 321 g/mol. The lowest BCUT2D eigenvalue weighted by molar-refractivity contribution is 0.174. The number of hydrogen-bond donors (Lipinski definition) is 0. The van der Waals surface area contributed by atoms with Crippen molar-refractivity contribution in [1.29, 1.82) is 0 Å². The van der Waals surface area contributed by atoms with Crippen LogP contribution in [0.2, 0.25) is 5.02 Å². The molecule has 1 aliphatic heterocycles. The van der Waals surface area contributed by atoms with Crippen LogP contribution in [0.1, 0.15) is 0 Å². The number of fused-ring (bicyclic) bond motifs is 1. The summed E-state index contributed by atoms with van der Waals surface area (Å²) < 4.78 is 16.8. The quantitative estimate of drug-likeness (QED) is 0.835. The van der Waals surface area contributed by atoms with Gasteiger partial charge in [-0.05, 0) is 34.1 Å². The Morgan fingerprint density at radius 1 is 1.22 bits per heavy atom. The molecule has 0 saturated heterocycles. The van der Waals surface area contributed by atoms with E-state index in [1.807, 2.05) is 0 Å². The lowest BCUT2D eigenvalue weighted by atomic mass is 10.3. The average Bonchev–Trinajstić information content (AvgIpc) is 2.80. The van der Waals surface area contributed by atoms with Crippen LogP contribution in [-0.4, -0.2) is 11.8 Å². The molecule has 0 bridgehead atoms. The van der Waals surface area contributed by atoms with Crippen LogP contribution in [0.5, 0.6) is 23.1 Å². The maximum absolute atomic E-state index is 5.81. The minimum absolute atomic E-state index is 0.238. The summed E-state index contributed by atoms with van der Waals surface area (Å²) in [7, 11) is 0. The van der Waals surface area contributed by atoms with Crippen molar-refractivity contribution in [3.05, 3.63) is 40.0 Å². The van der Waals surface area contributed by atoms with Gasteiger partial charge in [0, 0.05) is 12.3 Å². The standard InChI is InChI=1S/C12H7BrClNO3/c13-9-3-7(14)5-15-12(9)18-8-1-2-10-11(4-8)17-6-16-10/h1-5H,6H2. The van der Waals surface area contributed by atoms with Gasteiger partial charge in [0.05, 0.1) is 9.50 Å². The van der Waals surface area contributed by atoms with Gasteiger partial charge in [0.2, 0.25) is 12.7 Å². The first-order valence-corrected chi connectivity index (χ1v) is 6.28. The van der Waals surface area contributed by atoms with Crippen molar-refractivity contribution in [3.63, 3.8) is 0 Å². The van der Waals surface area contributed by atoms with Crippen LogP contribution < -0.4 is 14.2 Å². The van der Waals surface area contributed by atoms with Gasteiger partial charge in [0.1, 0.15) is 5.75 Å². The molecule has 0 atom stereocenters.